The molecule has 0 saturated carbocycles. The van der Waals surface area contributed by atoms with Crippen LogP contribution in [0.2, 0.25) is 0 Å². The third-order valence-corrected chi connectivity index (χ3v) is 2.59. The third kappa shape index (κ3) is 2.93. The molecule has 0 aromatic carbocycles. The molecule has 0 aliphatic carbocycles. The molecule has 0 radical (unpaired) electrons. The van der Waals surface area contributed by atoms with E-state index in [4.69, 9.17) is 11.6 Å². The highest BCUT2D eigenvalue weighted by Crippen LogP contribution is 2.13. The van der Waals surface area contributed by atoms with Gasteiger partial charge in [0.05, 0.1) is 6.04 Å². The summed E-state index contributed by atoms with van der Waals surface area (Å²) < 4.78 is 0. The van der Waals surface area contributed by atoms with Crippen molar-refractivity contribution in [3.8, 4) is 0 Å². The summed E-state index contributed by atoms with van der Waals surface area (Å²) in [7, 11) is 0. The van der Waals surface area contributed by atoms with Crippen molar-refractivity contribution in [3.05, 3.63) is 28.2 Å². The summed E-state index contributed by atoms with van der Waals surface area (Å²) in [6.45, 7) is 2.87. The zero-order valence-corrected chi connectivity index (χ0v) is 8.40. The predicted octanol–water partition coefficient (Wildman–Crippen LogP) is 2.55. The number of nitrogens with zero attached hydrogens (tertiary/aromatic N) is 1. The molecule has 1 unspecified atom stereocenters. The Bertz CT molecular complexity index is 233. The first-order chi connectivity index (χ1) is 5.84. The van der Waals surface area contributed by atoms with Crippen LogP contribution in [0.25, 0.3) is 0 Å². The second kappa shape index (κ2) is 5.30. The van der Waals surface area contributed by atoms with E-state index in [0.29, 0.717) is 6.04 Å². The first-order valence-electron chi connectivity index (χ1n) is 3.72. The molecule has 1 heterocycles. The highest BCUT2D eigenvalue weighted by molar-refractivity contribution is 7.09. The minimum absolute atomic E-state index is 0.304. The van der Waals surface area contributed by atoms with Crippen molar-refractivity contribution >= 4 is 22.9 Å². The fourth-order valence-electron chi connectivity index (χ4n) is 0.825. The quantitative estimate of drug-likeness (QED) is 0.812. The monoisotopic (exact) mass is 202 g/mol. The Balaban J connectivity index is 2.34. The lowest BCUT2D eigenvalue weighted by atomic mass is 10.3. The molecule has 1 rings (SSSR count). The molecule has 12 heavy (non-hydrogen) atoms. The van der Waals surface area contributed by atoms with E-state index in [0.717, 1.165) is 11.6 Å². The molecule has 0 spiro atoms. The molecule has 66 valence electrons. The molecule has 2 nitrogen and oxygen atoms in total. The molecule has 0 amide bonds. The van der Waals surface area contributed by atoms with Gasteiger partial charge < -0.3 is 5.32 Å². The number of aromatic nitrogens is 1. The molecule has 4 heteroatoms. The van der Waals surface area contributed by atoms with Crippen molar-refractivity contribution in [1.82, 2.24) is 10.3 Å². The van der Waals surface area contributed by atoms with E-state index in [1.165, 1.54) is 5.54 Å². The zero-order valence-electron chi connectivity index (χ0n) is 6.83. The third-order valence-electron chi connectivity index (χ3n) is 1.45. The van der Waals surface area contributed by atoms with E-state index in [2.05, 4.69) is 17.2 Å². The van der Waals surface area contributed by atoms with Crippen LogP contribution in [0.3, 0.4) is 0 Å². The van der Waals surface area contributed by atoms with Crippen LogP contribution in [0.15, 0.2) is 23.2 Å². The van der Waals surface area contributed by atoms with Crippen LogP contribution in [0.4, 0.5) is 0 Å². The second-order valence-corrected chi connectivity index (χ2v) is 3.54. The molecule has 1 aromatic heterocycles. The predicted molar refractivity (Wildman–Crippen MR) is 53.5 cm³/mol. The van der Waals surface area contributed by atoms with Crippen molar-refractivity contribution in [1.29, 1.82) is 0 Å². The number of hydrogen-bond donors (Lipinski definition) is 1. The summed E-state index contributed by atoms with van der Waals surface area (Å²) in [4.78, 5) is 4.19. The molecular weight excluding hydrogens is 192 g/mol. The van der Waals surface area contributed by atoms with Crippen molar-refractivity contribution in [2.75, 3.05) is 6.54 Å². The molecule has 0 bridgehead atoms. The maximum absolute atomic E-state index is 5.38. The highest BCUT2D eigenvalue weighted by atomic mass is 35.5. The number of halogens is 1. The number of nitrogens with one attached hydrogen (secondary N) is 1. The maximum atomic E-state index is 5.38. The lowest BCUT2D eigenvalue weighted by molar-refractivity contribution is 0.614. The van der Waals surface area contributed by atoms with E-state index < -0.39 is 0 Å². The minimum Gasteiger partial charge on any atom is -0.305 e. The summed E-state index contributed by atoms with van der Waals surface area (Å²) in [5.41, 5.74) is 1.52. The minimum atomic E-state index is 0.304. The normalized spacial score (nSPS) is 13.8. The molecular formula is C8H11ClN2S. The summed E-state index contributed by atoms with van der Waals surface area (Å²) in [6.07, 6.45) is 3.68. The van der Waals surface area contributed by atoms with Gasteiger partial charge in [-0.05, 0) is 6.92 Å². The average Bonchev–Trinajstić information content (AvgIpc) is 2.56. The second-order valence-electron chi connectivity index (χ2n) is 2.36. The van der Waals surface area contributed by atoms with Crippen LogP contribution in [0.1, 0.15) is 18.0 Å². The van der Waals surface area contributed by atoms with Gasteiger partial charge in [-0.3, -0.25) is 0 Å². The number of rotatable bonds is 4. The zero-order chi connectivity index (χ0) is 8.81. The van der Waals surface area contributed by atoms with Gasteiger partial charge >= 0.3 is 0 Å². The topological polar surface area (TPSA) is 24.9 Å². The molecule has 1 atom stereocenters. The van der Waals surface area contributed by atoms with Gasteiger partial charge in [-0.25, -0.2) is 4.98 Å². The Morgan fingerprint density at radius 2 is 2.67 bits per heavy atom. The molecule has 1 N–H and O–H groups in total. The Labute approximate surface area is 81.3 Å². The molecule has 0 fully saturated rings. The Morgan fingerprint density at radius 1 is 1.83 bits per heavy atom. The van der Waals surface area contributed by atoms with Crippen molar-refractivity contribution < 1.29 is 0 Å². The SMILES string of the molecule is CC(NC/C=C/Cl)c1nccs1. The molecule has 0 aliphatic rings. The van der Waals surface area contributed by atoms with E-state index in [1.807, 2.05) is 17.7 Å². The van der Waals surface area contributed by atoms with Crippen molar-refractivity contribution in [2.45, 2.75) is 13.0 Å². The van der Waals surface area contributed by atoms with Gasteiger partial charge in [-0.2, -0.15) is 0 Å². The maximum Gasteiger partial charge on any atom is 0.109 e. The summed E-state index contributed by atoms with van der Waals surface area (Å²) in [5, 5.41) is 6.35. The fourth-order valence-corrected chi connectivity index (χ4v) is 1.58. The lowest BCUT2D eigenvalue weighted by Crippen LogP contribution is -2.18. The van der Waals surface area contributed by atoms with Gasteiger partial charge in [0.15, 0.2) is 0 Å². The van der Waals surface area contributed by atoms with E-state index in [1.54, 1.807) is 11.3 Å². The number of hydrogen-bond acceptors (Lipinski definition) is 3. The molecule has 1 aromatic rings. The van der Waals surface area contributed by atoms with Crippen molar-refractivity contribution in [2.24, 2.45) is 0 Å². The van der Waals surface area contributed by atoms with Gasteiger partial charge in [-0.1, -0.05) is 17.7 Å². The first-order valence-corrected chi connectivity index (χ1v) is 5.04. The van der Waals surface area contributed by atoms with Crippen LogP contribution >= 0.6 is 22.9 Å². The summed E-state index contributed by atoms with van der Waals surface area (Å²) >= 11 is 7.03. The molecule has 0 aliphatic heterocycles. The van der Waals surface area contributed by atoms with Gasteiger partial charge in [-0.15, -0.1) is 11.3 Å². The van der Waals surface area contributed by atoms with E-state index >= 15 is 0 Å². The van der Waals surface area contributed by atoms with Crippen LogP contribution < -0.4 is 5.32 Å². The highest BCUT2D eigenvalue weighted by Gasteiger charge is 2.04. The fraction of sp³-hybridized carbons (Fsp3) is 0.375. The van der Waals surface area contributed by atoms with E-state index in [-0.39, 0.29) is 0 Å². The van der Waals surface area contributed by atoms with Crippen molar-refractivity contribution in [3.63, 3.8) is 0 Å². The van der Waals surface area contributed by atoms with Gasteiger partial charge in [0.25, 0.3) is 0 Å². The Kier molecular flexibility index (Phi) is 4.29. The Morgan fingerprint density at radius 3 is 3.25 bits per heavy atom. The largest absolute Gasteiger partial charge is 0.305 e. The van der Waals surface area contributed by atoms with Gasteiger partial charge in [0.2, 0.25) is 0 Å². The smallest absolute Gasteiger partial charge is 0.109 e. The Hall–Kier alpha value is -0.380. The van der Waals surface area contributed by atoms with E-state index in [9.17, 15) is 0 Å². The van der Waals surface area contributed by atoms with Crippen LogP contribution in [0, 0.1) is 0 Å². The summed E-state index contributed by atoms with van der Waals surface area (Å²) in [5.74, 6) is 0. The summed E-state index contributed by atoms with van der Waals surface area (Å²) in [6, 6.07) is 0.304. The standard InChI is InChI=1S/C8H11ClN2S/c1-7(10-4-2-3-9)8-11-5-6-12-8/h2-3,5-7,10H,4H2,1H3/b3-2+. The van der Waals surface area contributed by atoms with Crippen LogP contribution in [0.5, 0.6) is 0 Å². The van der Waals surface area contributed by atoms with Gasteiger partial charge in [0, 0.05) is 23.7 Å². The first kappa shape index (κ1) is 9.71. The number of thiazole rings is 1. The van der Waals surface area contributed by atoms with Crippen LogP contribution in [-0.4, -0.2) is 11.5 Å². The average molecular weight is 203 g/mol. The van der Waals surface area contributed by atoms with Crippen LogP contribution in [-0.2, 0) is 0 Å². The lowest BCUT2D eigenvalue weighted by Gasteiger charge is -2.07. The van der Waals surface area contributed by atoms with Gasteiger partial charge in [0.1, 0.15) is 5.01 Å². The molecule has 0 saturated heterocycles.